The van der Waals surface area contributed by atoms with Gasteiger partial charge in [-0.3, -0.25) is 10.1 Å². The standard InChI is InChI=1S/C37H45N5O4/c1-24-10-16-29(17-11-24)42-33(23-32(41-42)37(2,3)4)40-36(44)39-28-14-12-25(13-15-28)34(26-18-20-38-21-19-26)30(43)22-27-8-7-9-31(45-5)35(27)46-6/h7-17,23,26,34,38H,18-22H2,1-6H3,(H2,39,40,44). The minimum absolute atomic E-state index is 0.135. The van der Waals surface area contributed by atoms with E-state index >= 15 is 0 Å². The summed E-state index contributed by atoms with van der Waals surface area (Å²) in [5, 5.41) is 14.2. The number of carbonyl (C=O) groups is 2. The largest absolute Gasteiger partial charge is 0.493 e. The fraction of sp³-hybridized carbons (Fsp3) is 0.378. The zero-order valence-electron chi connectivity index (χ0n) is 27.6. The van der Waals surface area contributed by atoms with E-state index in [4.69, 9.17) is 14.6 Å². The van der Waals surface area contributed by atoms with E-state index in [0.717, 1.165) is 54.0 Å². The smallest absolute Gasteiger partial charge is 0.324 e. The Morgan fingerprint density at radius 2 is 1.65 bits per heavy atom. The quantitative estimate of drug-likeness (QED) is 0.175. The molecule has 1 aliphatic rings. The Morgan fingerprint density at radius 1 is 0.957 bits per heavy atom. The highest BCUT2D eigenvalue weighted by Crippen LogP contribution is 2.37. The van der Waals surface area contributed by atoms with Crippen LogP contribution in [0.15, 0.2) is 72.8 Å². The number of hydrogen-bond acceptors (Lipinski definition) is 6. The third kappa shape index (κ3) is 7.59. The summed E-state index contributed by atoms with van der Waals surface area (Å²) in [6.45, 7) is 10.1. The number of piperidine rings is 1. The lowest BCUT2D eigenvalue weighted by atomic mass is 9.76. The number of aryl methyl sites for hydroxylation is 1. The highest BCUT2D eigenvalue weighted by molar-refractivity contribution is 5.99. The maximum absolute atomic E-state index is 14.0. The number of carbonyl (C=O) groups excluding carboxylic acids is 2. The second-order valence-corrected chi connectivity index (χ2v) is 13.0. The summed E-state index contributed by atoms with van der Waals surface area (Å²) in [6, 6.07) is 22.8. The van der Waals surface area contributed by atoms with Gasteiger partial charge >= 0.3 is 6.03 Å². The summed E-state index contributed by atoms with van der Waals surface area (Å²) >= 11 is 0. The number of ether oxygens (including phenoxy) is 2. The molecule has 1 saturated heterocycles. The van der Waals surface area contributed by atoms with Gasteiger partial charge in [-0.1, -0.05) is 62.7 Å². The maximum Gasteiger partial charge on any atom is 0.324 e. The predicted octanol–water partition coefficient (Wildman–Crippen LogP) is 7.03. The second-order valence-electron chi connectivity index (χ2n) is 13.0. The molecular formula is C37H45N5O4. The monoisotopic (exact) mass is 623 g/mol. The zero-order valence-corrected chi connectivity index (χ0v) is 27.6. The fourth-order valence-electron chi connectivity index (χ4n) is 6.06. The number of anilines is 2. The molecule has 1 fully saturated rings. The molecule has 0 spiro atoms. The first-order valence-electron chi connectivity index (χ1n) is 15.9. The number of nitrogens with zero attached hydrogens (tertiary/aromatic N) is 2. The van der Waals surface area contributed by atoms with Gasteiger partial charge in [0.1, 0.15) is 11.6 Å². The number of rotatable bonds is 10. The van der Waals surface area contributed by atoms with Crippen LogP contribution in [0, 0.1) is 12.8 Å². The van der Waals surface area contributed by atoms with Gasteiger partial charge in [-0.2, -0.15) is 5.10 Å². The van der Waals surface area contributed by atoms with E-state index in [1.54, 1.807) is 18.9 Å². The Bertz CT molecular complexity index is 1650. The maximum atomic E-state index is 14.0. The van der Waals surface area contributed by atoms with E-state index in [9.17, 15) is 9.59 Å². The second kappa shape index (κ2) is 14.2. The van der Waals surface area contributed by atoms with Crippen molar-refractivity contribution in [3.8, 4) is 17.2 Å². The first kappa shape index (κ1) is 32.8. The molecule has 1 aromatic heterocycles. The summed E-state index contributed by atoms with van der Waals surface area (Å²) in [5.41, 5.74) is 5.06. The van der Waals surface area contributed by atoms with Gasteiger partial charge < -0.3 is 20.1 Å². The van der Waals surface area contributed by atoms with E-state index in [2.05, 4.69) is 36.7 Å². The normalized spacial score (nSPS) is 14.4. The minimum Gasteiger partial charge on any atom is -0.493 e. The average molecular weight is 624 g/mol. The molecule has 2 amide bonds. The SMILES string of the molecule is COc1cccc(CC(=O)C(c2ccc(NC(=O)Nc3cc(C(C)(C)C)nn3-c3ccc(C)cc3)cc2)C2CCNCC2)c1OC. The number of amides is 2. The van der Waals surface area contributed by atoms with Crippen LogP contribution in [0.4, 0.5) is 16.3 Å². The van der Waals surface area contributed by atoms with Crippen LogP contribution < -0.4 is 25.4 Å². The first-order valence-corrected chi connectivity index (χ1v) is 15.9. The zero-order chi connectivity index (χ0) is 32.8. The predicted molar refractivity (Wildman–Crippen MR) is 183 cm³/mol. The molecular weight excluding hydrogens is 578 g/mol. The Kier molecular flexibility index (Phi) is 10.1. The molecule has 2 heterocycles. The molecule has 3 N–H and O–H groups in total. The van der Waals surface area contributed by atoms with Crippen molar-refractivity contribution >= 4 is 23.3 Å². The molecule has 4 aromatic rings. The molecule has 9 nitrogen and oxygen atoms in total. The van der Waals surface area contributed by atoms with Gasteiger partial charge in [-0.15, -0.1) is 0 Å². The van der Waals surface area contributed by atoms with Crippen molar-refractivity contribution in [3.05, 3.63) is 95.2 Å². The van der Waals surface area contributed by atoms with Crippen LogP contribution in [0.5, 0.6) is 11.5 Å². The number of ketones is 1. The van der Waals surface area contributed by atoms with Crippen LogP contribution in [0.2, 0.25) is 0 Å². The molecule has 1 atom stereocenters. The molecule has 0 bridgehead atoms. The highest BCUT2D eigenvalue weighted by atomic mass is 16.5. The lowest BCUT2D eigenvalue weighted by Gasteiger charge is -2.30. The molecule has 3 aromatic carbocycles. The number of hydrogen-bond donors (Lipinski definition) is 3. The van der Waals surface area contributed by atoms with Crippen molar-refractivity contribution in [2.45, 2.75) is 58.3 Å². The molecule has 242 valence electrons. The number of para-hydroxylation sites is 1. The number of methoxy groups -OCH3 is 2. The number of benzene rings is 3. The van der Waals surface area contributed by atoms with Gasteiger partial charge in [0.05, 0.1) is 25.6 Å². The Hall–Kier alpha value is -4.63. The molecule has 46 heavy (non-hydrogen) atoms. The van der Waals surface area contributed by atoms with Crippen LogP contribution >= 0.6 is 0 Å². The van der Waals surface area contributed by atoms with Crippen molar-refractivity contribution in [2.24, 2.45) is 5.92 Å². The third-order valence-corrected chi connectivity index (χ3v) is 8.58. The van der Waals surface area contributed by atoms with Crippen LogP contribution in [0.25, 0.3) is 5.69 Å². The number of Topliss-reactive ketones (excluding diaryl/α,β-unsaturated/α-hetero) is 1. The van der Waals surface area contributed by atoms with Crippen molar-refractivity contribution in [2.75, 3.05) is 37.9 Å². The topological polar surface area (TPSA) is 107 Å². The first-order chi connectivity index (χ1) is 22.1. The Morgan fingerprint density at radius 3 is 2.28 bits per heavy atom. The van der Waals surface area contributed by atoms with Crippen molar-refractivity contribution in [3.63, 3.8) is 0 Å². The number of urea groups is 1. The van der Waals surface area contributed by atoms with Crippen LogP contribution in [-0.2, 0) is 16.6 Å². The Labute approximate surface area is 271 Å². The van der Waals surface area contributed by atoms with Gasteiger partial charge in [0.25, 0.3) is 0 Å². The fourth-order valence-corrected chi connectivity index (χ4v) is 6.06. The molecule has 0 aliphatic carbocycles. The van der Waals surface area contributed by atoms with Crippen LogP contribution in [-0.4, -0.2) is 48.9 Å². The van der Waals surface area contributed by atoms with Gasteiger partial charge in [0, 0.05) is 35.1 Å². The molecule has 0 radical (unpaired) electrons. The summed E-state index contributed by atoms with van der Waals surface area (Å²) in [7, 11) is 3.19. The van der Waals surface area contributed by atoms with E-state index < -0.39 is 0 Å². The number of aromatic nitrogens is 2. The summed E-state index contributed by atoms with van der Waals surface area (Å²) in [6.07, 6.45) is 2.07. The van der Waals surface area contributed by atoms with Crippen molar-refractivity contribution in [1.82, 2.24) is 15.1 Å². The van der Waals surface area contributed by atoms with E-state index in [1.165, 1.54) is 0 Å². The minimum atomic E-state index is -0.377. The third-order valence-electron chi connectivity index (χ3n) is 8.58. The summed E-state index contributed by atoms with van der Waals surface area (Å²) in [4.78, 5) is 27.2. The highest BCUT2D eigenvalue weighted by Gasteiger charge is 2.31. The van der Waals surface area contributed by atoms with Gasteiger partial charge in [0.2, 0.25) is 0 Å². The van der Waals surface area contributed by atoms with E-state index in [0.29, 0.717) is 23.0 Å². The van der Waals surface area contributed by atoms with E-state index in [1.807, 2.05) is 79.7 Å². The molecule has 1 unspecified atom stereocenters. The van der Waals surface area contributed by atoms with Crippen LogP contribution in [0.1, 0.15) is 61.9 Å². The van der Waals surface area contributed by atoms with Crippen molar-refractivity contribution < 1.29 is 19.1 Å². The summed E-state index contributed by atoms with van der Waals surface area (Å²) < 4.78 is 12.8. The van der Waals surface area contributed by atoms with Gasteiger partial charge in [-0.05, 0) is 74.7 Å². The Balaban J connectivity index is 1.34. The average Bonchev–Trinajstić information content (AvgIpc) is 3.47. The van der Waals surface area contributed by atoms with Gasteiger partial charge in [0.15, 0.2) is 11.5 Å². The lowest BCUT2D eigenvalue weighted by Crippen LogP contribution is -2.34. The van der Waals surface area contributed by atoms with E-state index in [-0.39, 0.29) is 35.5 Å². The molecule has 5 rings (SSSR count). The summed E-state index contributed by atoms with van der Waals surface area (Å²) in [5.74, 6) is 1.85. The lowest BCUT2D eigenvalue weighted by molar-refractivity contribution is -0.121. The molecule has 0 saturated carbocycles. The molecule has 9 heteroatoms. The van der Waals surface area contributed by atoms with Crippen molar-refractivity contribution in [1.29, 1.82) is 0 Å². The van der Waals surface area contributed by atoms with Gasteiger partial charge in [-0.25, -0.2) is 9.48 Å². The van der Waals surface area contributed by atoms with Crippen LogP contribution in [0.3, 0.4) is 0 Å². The molecule has 1 aliphatic heterocycles. The number of nitrogens with one attached hydrogen (secondary N) is 3.